The summed E-state index contributed by atoms with van der Waals surface area (Å²) in [5.74, 6) is 0.351. The van der Waals surface area contributed by atoms with Crippen LogP contribution in [0.1, 0.15) is 34.6 Å². The van der Waals surface area contributed by atoms with Gasteiger partial charge in [-0.05, 0) is 41.9 Å². The molecule has 1 aromatic carbocycles. The van der Waals surface area contributed by atoms with Crippen LogP contribution in [0.2, 0.25) is 0 Å². The number of benzene rings is 1. The van der Waals surface area contributed by atoms with Crippen molar-refractivity contribution in [3.8, 4) is 5.75 Å². The van der Waals surface area contributed by atoms with Gasteiger partial charge in [-0.25, -0.2) is 0 Å². The molecule has 0 atom stereocenters. The van der Waals surface area contributed by atoms with Crippen LogP contribution in [0, 0.1) is 0 Å². The van der Waals surface area contributed by atoms with Crippen molar-refractivity contribution < 1.29 is 14.3 Å². The van der Waals surface area contributed by atoms with Crippen LogP contribution < -0.4 is 4.74 Å². The number of carbonyl (C=O) groups is 2. The highest BCUT2D eigenvalue weighted by molar-refractivity contribution is 9.10. The van der Waals surface area contributed by atoms with Gasteiger partial charge in [0, 0.05) is 10.0 Å². The fraction of sp³-hybridized carbons (Fsp3) is 0.273. The smallest absolute Gasteiger partial charge is 0.164 e. The number of Topliss-reactive ketones (excluding diaryl/α,β-unsaturated/α-hetero) is 1. The molecule has 80 valence electrons. The van der Waals surface area contributed by atoms with Gasteiger partial charge in [-0.3, -0.25) is 9.59 Å². The Morgan fingerprint density at radius 3 is 2.67 bits per heavy atom. The number of aldehydes is 1. The third kappa shape index (κ3) is 2.65. The number of ether oxygens (including phenoxy) is 1. The van der Waals surface area contributed by atoms with Crippen LogP contribution in [0.25, 0.3) is 0 Å². The molecule has 0 N–H and O–H groups in total. The van der Waals surface area contributed by atoms with Crippen molar-refractivity contribution in [2.75, 3.05) is 6.61 Å². The molecule has 0 saturated heterocycles. The van der Waals surface area contributed by atoms with E-state index in [1.807, 2.05) is 6.92 Å². The van der Waals surface area contributed by atoms with Crippen molar-refractivity contribution >= 4 is 28.0 Å². The number of rotatable bonds is 4. The standard InChI is InChI=1S/C11H11BrO3/c1-3-15-10-5-8(6-13)4-9(12)11(10)7(2)14/h4-6H,3H2,1-2H3. The third-order valence-electron chi connectivity index (χ3n) is 1.86. The summed E-state index contributed by atoms with van der Waals surface area (Å²) in [5, 5.41) is 0. The minimum absolute atomic E-state index is 0.0947. The van der Waals surface area contributed by atoms with E-state index in [0.29, 0.717) is 28.0 Å². The molecule has 0 bridgehead atoms. The summed E-state index contributed by atoms with van der Waals surface area (Å²) < 4.78 is 5.90. The Hall–Kier alpha value is -1.16. The van der Waals surface area contributed by atoms with Crippen LogP contribution in [0.15, 0.2) is 16.6 Å². The van der Waals surface area contributed by atoms with Crippen molar-refractivity contribution in [2.45, 2.75) is 13.8 Å². The summed E-state index contributed by atoms with van der Waals surface area (Å²) in [6.07, 6.45) is 0.719. The average molecular weight is 271 g/mol. The monoisotopic (exact) mass is 270 g/mol. The number of hydrogen-bond donors (Lipinski definition) is 0. The summed E-state index contributed by atoms with van der Waals surface area (Å²) >= 11 is 3.25. The van der Waals surface area contributed by atoms with Crippen LogP contribution in [0.5, 0.6) is 5.75 Å². The van der Waals surface area contributed by atoms with E-state index in [-0.39, 0.29) is 5.78 Å². The zero-order chi connectivity index (χ0) is 11.4. The van der Waals surface area contributed by atoms with Gasteiger partial charge >= 0.3 is 0 Å². The van der Waals surface area contributed by atoms with Crippen molar-refractivity contribution in [1.29, 1.82) is 0 Å². The van der Waals surface area contributed by atoms with E-state index >= 15 is 0 Å². The Kier molecular flexibility index (Phi) is 4.03. The molecule has 0 radical (unpaired) electrons. The van der Waals surface area contributed by atoms with Crippen molar-refractivity contribution in [1.82, 2.24) is 0 Å². The first-order valence-corrected chi connectivity index (χ1v) is 5.32. The Morgan fingerprint density at radius 2 is 2.20 bits per heavy atom. The number of halogens is 1. The molecule has 0 spiro atoms. The van der Waals surface area contributed by atoms with E-state index in [0.717, 1.165) is 6.29 Å². The Bertz CT molecular complexity index is 399. The number of hydrogen-bond acceptors (Lipinski definition) is 3. The van der Waals surface area contributed by atoms with Gasteiger partial charge in [0.2, 0.25) is 0 Å². The minimum atomic E-state index is -0.0947. The second-order valence-corrected chi connectivity index (χ2v) is 3.84. The van der Waals surface area contributed by atoms with Crippen LogP contribution in [0.4, 0.5) is 0 Å². The second-order valence-electron chi connectivity index (χ2n) is 2.98. The fourth-order valence-electron chi connectivity index (χ4n) is 1.28. The van der Waals surface area contributed by atoms with Crippen LogP contribution in [0.3, 0.4) is 0 Å². The first-order valence-electron chi connectivity index (χ1n) is 4.52. The number of carbonyl (C=O) groups excluding carboxylic acids is 2. The van der Waals surface area contributed by atoms with E-state index in [2.05, 4.69) is 15.9 Å². The van der Waals surface area contributed by atoms with Crippen LogP contribution in [-0.4, -0.2) is 18.7 Å². The van der Waals surface area contributed by atoms with Gasteiger partial charge in [0.05, 0.1) is 12.2 Å². The Labute approximate surface area is 96.6 Å². The summed E-state index contributed by atoms with van der Waals surface area (Å²) in [5.41, 5.74) is 0.956. The molecule has 15 heavy (non-hydrogen) atoms. The molecule has 0 aromatic heterocycles. The van der Waals surface area contributed by atoms with Gasteiger partial charge in [-0.2, -0.15) is 0 Å². The lowest BCUT2D eigenvalue weighted by Crippen LogP contribution is -2.03. The second kappa shape index (κ2) is 5.07. The zero-order valence-electron chi connectivity index (χ0n) is 8.54. The highest BCUT2D eigenvalue weighted by atomic mass is 79.9. The number of ketones is 1. The molecule has 0 aliphatic rings. The maximum atomic E-state index is 11.4. The van der Waals surface area contributed by atoms with E-state index < -0.39 is 0 Å². The Morgan fingerprint density at radius 1 is 1.53 bits per heavy atom. The summed E-state index contributed by atoms with van der Waals surface area (Å²) in [4.78, 5) is 22.0. The summed E-state index contributed by atoms with van der Waals surface area (Å²) in [6.45, 7) is 3.74. The fourth-order valence-corrected chi connectivity index (χ4v) is 2.02. The molecule has 0 heterocycles. The van der Waals surface area contributed by atoms with Crippen molar-refractivity contribution in [3.05, 3.63) is 27.7 Å². The third-order valence-corrected chi connectivity index (χ3v) is 2.49. The van der Waals surface area contributed by atoms with Crippen LogP contribution in [-0.2, 0) is 0 Å². The van der Waals surface area contributed by atoms with Crippen molar-refractivity contribution in [2.24, 2.45) is 0 Å². The molecule has 0 aliphatic heterocycles. The van der Waals surface area contributed by atoms with E-state index in [1.165, 1.54) is 6.92 Å². The lowest BCUT2D eigenvalue weighted by molar-refractivity contribution is 0.101. The quantitative estimate of drug-likeness (QED) is 0.624. The van der Waals surface area contributed by atoms with E-state index in [1.54, 1.807) is 12.1 Å². The molecular formula is C11H11BrO3. The predicted octanol–water partition coefficient (Wildman–Crippen LogP) is 2.86. The summed E-state index contributed by atoms with van der Waals surface area (Å²) in [6, 6.07) is 3.17. The average Bonchev–Trinajstić information content (AvgIpc) is 2.16. The summed E-state index contributed by atoms with van der Waals surface area (Å²) in [7, 11) is 0. The molecule has 3 nitrogen and oxygen atoms in total. The maximum absolute atomic E-state index is 11.4. The maximum Gasteiger partial charge on any atom is 0.164 e. The molecule has 0 fully saturated rings. The van der Waals surface area contributed by atoms with Gasteiger partial charge in [0.25, 0.3) is 0 Å². The highest BCUT2D eigenvalue weighted by Crippen LogP contribution is 2.29. The van der Waals surface area contributed by atoms with Gasteiger partial charge in [0.15, 0.2) is 5.78 Å². The topological polar surface area (TPSA) is 43.4 Å². The first kappa shape index (κ1) is 11.9. The van der Waals surface area contributed by atoms with E-state index in [4.69, 9.17) is 4.74 Å². The lowest BCUT2D eigenvalue weighted by atomic mass is 10.1. The lowest BCUT2D eigenvalue weighted by Gasteiger charge is -2.10. The molecular weight excluding hydrogens is 260 g/mol. The molecule has 0 unspecified atom stereocenters. The zero-order valence-corrected chi connectivity index (χ0v) is 10.1. The molecule has 1 aromatic rings. The molecule has 0 aliphatic carbocycles. The Balaban J connectivity index is 3.34. The normalized spacial score (nSPS) is 9.80. The van der Waals surface area contributed by atoms with Crippen LogP contribution >= 0.6 is 15.9 Å². The molecule has 0 amide bonds. The minimum Gasteiger partial charge on any atom is -0.493 e. The van der Waals surface area contributed by atoms with Gasteiger partial charge in [-0.1, -0.05) is 0 Å². The van der Waals surface area contributed by atoms with E-state index in [9.17, 15) is 9.59 Å². The predicted molar refractivity (Wildman–Crippen MR) is 60.7 cm³/mol. The highest BCUT2D eigenvalue weighted by Gasteiger charge is 2.14. The van der Waals surface area contributed by atoms with Gasteiger partial charge in [0.1, 0.15) is 12.0 Å². The van der Waals surface area contributed by atoms with Crippen molar-refractivity contribution in [3.63, 3.8) is 0 Å². The first-order chi connectivity index (χ1) is 7.10. The van der Waals surface area contributed by atoms with Gasteiger partial charge in [-0.15, -0.1) is 0 Å². The van der Waals surface area contributed by atoms with Gasteiger partial charge < -0.3 is 4.74 Å². The SMILES string of the molecule is CCOc1cc(C=O)cc(Br)c1C(C)=O. The molecule has 0 saturated carbocycles. The molecule has 1 rings (SSSR count). The molecule has 4 heteroatoms. The largest absolute Gasteiger partial charge is 0.493 e.